The second-order valence-corrected chi connectivity index (χ2v) is 4.97. The molecule has 1 rings (SSSR count). The average Bonchev–Trinajstić information content (AvgIpc) is 2.19. The summed E-state index contributed by atoms with van der Waals surface area (Å²) in [7, 11) is 0. The molecule has 0 saturated heterocycles. The molecule has 1 aromatic carbocycles. The molecule has 4 heteroatoms. The van der Waals surface area contributed by atoms with Gasteiger partial charge in [-0.15, -0.1) is 0 Å². The third-order valence-electron chi connectivity index (χ3n) is 2.46. The lowest BCUT2D eigenvalue weighted by molar-refractivity contribution is -0.131. The van der Waals surface area contributed by atoms with Crippen molar-refractivity contribution in [2.45, 2.75) is 20.3 Å². The van der Waals surface area contributed by atoms with E-state index in [0.717, 1.165) is 11.1 Å². The first kappa shape index (κ1) is 14.1. The summed E-state index contributed by atoms with van der Waals surface area (Å²) >= 11 is 11.9. The van der Waals surface area contributed by atoms with Gasteiger partial charge in [-0.2, -0.15) is 0 Å². The van der Waals surface area contributed by atoms with Crippen molar-refractivity contribution in [3.8, 4) is 0 Å². The highest BCUT2D eigenvalue weighted by atomic mass is 35.5. The second-order valence-electron chi connectivity index (χ2n) is 4.12. The van der Waals surface area contributed by atoms with Crippen LogP contribution >= 0.6 is 23.2 Å². The van der Waals surface area contributed by atoms with E-state index in [0.29, 0.717) is 16.5 Å². The summed E-state index contributed by atoms with van der Waals surface area (Å²) in [5, 5.41) is 9.93. The van der Waals surface area contributed by atoms with Crippen LogP contribution in [0.4, 0.5) is 0 Å². The first-order valence-corrected chi connectivity index (χ1v) is 6.03. The molecule has 2 nitrogen and oxygen atoms in total. The Kier molecular flexibility index (Phi) is 5.03. The van der Waals surface area contributed by atoms with Gasteiger partial charge in [0.2, 0.25) is 0 Å². The first-order valence-electron chi connectivity index (χ1n) is 5.27. The summed E-state index contributed by atoms with van der Waals surface area (Å²) in [6, 6.07) is 5.24. The number of hydrogen-bond donors (Lipinski definition) is 1. The molecule has 0 saturated carbocycles. The van der Waals surface area contributed by atoms with Gasteiger partial charge in [-0.3, -0.25) is 0 Å². The Morgan fingerprint density at radius 1 is 1.41 bits per heavy atom. The predicted octanol–water partition coefficient (Wildman–Crippen LogP) is 4.20. The van der Waals surface area contributed by atoms with Crippen LogP contribution in [0.1, 0.15) is 19.4 Å². The Morgan fingerprint density at radius 3 is 2.53 bits per heavy atom. The lowest BCUT2D eigenvalue weighted by Crippen LogP contribution is -2.03. The smallest absolute Gasteiger partial charge is 0.328 e. The highest BCUT2D eigenvalue weighted by Crippen LogP contribution is 2.25. The molecule has 0 aliphatic rings. The van der Waals surface area contributed by atoms with Gasteiger partial charge in [0, 0.05) is 16.1 Å². The normalized spacial score (nSPS) is 11.9. The van der Waals surface area contributed by atoms with E-state index in [9.17, 15) is 4.79 Å². The number of aliphatic carboxylic acids is 1. The number of rotatable bonds is 4. The van der Waals surface area contributed by atoms with Gasteiger partial charge in [-0.25, -0.2) is 4.79 Å². The quantitative estimate of drug-likeness (QED) is 0.834. The maximum Gasteiger partial charge on any atom is 0.328 e. The molecule has 1 aromatic rings. The summed E-state index contributed by atoms with van der Waals surface area (Å²) < 4.78 is 0. The van der Waals surface area contributed by atoms with Gasteiger partial charge in [0.05, 0.1) is 0 Å². The summed E-state index contributed by atoms with van der Waals surface area (Å²) in [4.78, 5) is 10.7. The van der Waals surface area contributed by atoms with Crippen LogP contribution in [0.15, 0.2) is 29.8 Å². The molecule has 0 spiro atoms. The number of carbonyl (C=O) groups is 1. The highest BCUT2D eigenvalue weighted by Gasteiger charge is 2.09. The maximum atomic E-state index is 10.7. The van der Waals surface area contributed by atoms with Crippen LogP contribution < -0.4 is 0 Å². The van der Waals surface area contributed by atoms with Crippen LogP contribution in [-0.4, -0.2) is 11.1 Å². The fraction of sp³-hybridized carbons (Fsp3) is 0.308. The Bertz CT molecular complexity index is 451. The number of carboxylic acid groups (broad SMARTS) is 1. The zero-order valence-electron chi connectivity index (χ0n) is 9.71. The average molecular weight is 273 g/mol. The van der Waals surface area contributed by atoms with Crippen LogP contribution in [0, 0.1) is 5.92 Å². The van der Waals surface area contributed by atoms with Gasteiger partial charge < -0.3 is 5.11 Å². The van der Waals surface area contributed by atoms with E-state index in [1.165, 1.54) is 6.08 Å². The van der Waals surface area contributed by atoms with Crippen molar-refractivity contribution in [2.24, 2.45) is 5.92 Å². The molecule has 0 unspecified atom stereocenters. The molecule has 0 heterocycles. The van der Waals surface area contributed by atoms with Crippen molar-refractivity contribution in [2.75, 3.05) is 0 Å². The summed E-state index contributed by atoms with van der Waals surface area (Å²) in [5.41, 5.74) is 1.72. The van der Waals surface area contributed by atoms with E-state index in [4.69, 9.17) is 28.3 Å². The minimum Gasteiger partial charge on any atom is -0.478 e. The van der Waals surface area contributed by atoms with Crippen LogP contribution in [0.5, 0.6) is 0 Å². The Morgan fingerprint density at radius 2 is 2.06 bits per heavy atom. The molecule has 92 valence electrons. The molecule has 0 bridgehead atoms. The van der Waals surface area contributed by atoms with Crippen molar-refractivity contribution in [3.05, 3.63) is 45.5 Å². The van der Waals surface area contributed by atoms with Gasteiger partial charge in [-0.05, 0) is 30.0 Å². The Balaban J connectivity index is 2.98. The predicted molar refractivity (Wildman–Crippen MR) is 70.7 cm³/mol. The van der Waals surface area contributed by atoms with Crippen molar-refractivity contribution in [1.82, 2.24) is 0 Å². The molecule has 0 amide bonds. The lowest BCUT2D eigenvalue weighted by Gasteiger charge is -2.12. The van der Waals surface area contributed by atoms with Gasteiger partial charge in [0.25, 0.3) is 0 Å². The van der Waals surface area contributed by atoms with Crippen molar-refractivity contribution >= 4 is 29.2 Å². The second kappa shape index (κ2) is 6.08. The Labute approximate surface area is 111 Å². The summed E-state index contributed by atoms with van der Waals surface area (Å²) in [6.07, 6.45) is 1.77. The van der Waals surface area contributed by atoms with E-state index in [2.05, 4.69) is 0 Å². The topological polar surface area (TPSA) is 37.3 Å². The molecule has 0 fully saturated rings. The standard InChI is InChI=1S/C13H14Cl2O2/c1-8(2)10(6-13(16)17)5-9-3-4-11(14)7-12(9)15/h3-4,6-8H,5H2,1-2H3,(H,16,17)/b10-6-. The molecule has 1 N–H and O–H groups in total. The van der Waals surface area contributed by atoms with Gasteiger partial charge in [0.15, 0.2) is 0 Å². The summed E-state index contributed by atoms with van der Waals surface area (Å²) in [5.74, 6) is -0.767. The minimum absolute atomic E-state index is 0.165. The molecular weight excluding hydrogens is 259 g/mol. The fourth-order valence-electron chi connectivity index (χ4n) is 1.47. The van der Waals surface area contributed by atoms with Crippen molar-refractivity contribution < 1.29 is 9.90 Å². The van der Waals surface area contributed by atoms with Gasteiger partial charge in [-0.1, -0.05) is 48.7 Å². The molecule has 0 aliphatic carbocycles. The van der Waals surface area contributed by atoms with E-state index in [1.807, 2.05) is 19.9 Å². The first-order chi connectivity index (χ1) is 7.90. The largest absolute Gasteiger partial charge is 0.478 e. The minimum atomic E-state index is -0.932. The number of benzene rings is 1. The van der Waals surface area contributed by atoms with Crippen LogP contribution in [0.25, 0.3) is 0 Å². The van der Waals surface area contributed by atoms with E-state index in [1.54, 1.807) is 12.1 Å². The number of hydrogen-bond acceptors (Lipinski definition) is 1. The molecule has 0 aliphatic heterocycles. The SMILES string of the molecule is CC(C)/C(=C\C(=O)O)Cc1ccc(Cl)cc1Cl. The maximum absolute atomic E-state index is 10.7. The molecule has 0 atom stereocenters. The van der Waals surface area contributed by atoms with Crippen molar-refractivity contribution in [1.29, 1.82) is 0 Å². The lowest BCUT2D eigenvalue weighted by atomic mass is 9.95. The summed E-state index contributed by atoms with van der Waals surface area (Å²) in [6.45, 7) is 3.91. The van der Waals surface area contributed by atoms with Crippen LogP contribution in [0.3, 0.4) is 0 Å². The monoisotopic (exact) mass is 272 g/mol. The molecule has 0 aromatic heterocycles. The number of halogens is 2. The van der Waals surface area contributed by atoms with Gasteiger partial charge in [0.1, 0.15) is 0 Å². The van der Waals surface area contributed by atoms with Crippen molar-refractivity contribution in [3.63, 3.8) is 0 Å². The van der Waals surface area contributed by atoms with E-state index < -0.39 is 5.97 Å². The number of allylic oxidation sites excluding steroid dienone is 1. The van der Waals surface area contributed by atoms with E-state index >= 15 is 0 Å². The highest BCUT2D eigenvalue weighted by molar-refractivity contribution is 6.35. The van der Waals surface area contributed by atoms with E-state index in [-0.39, 0.29) is 5.92 Å². The fourth-order valence-corrected chi connectivity index (χ4v) is 1.94. The molecular formula is C13H14Cl2O2. The zero-order chi connectivity index (χ0) is 13.0. The number of carboxylic acids is 1. The molecule has 0 radical (unpaired) electrons. The third-order valence-corrected chi connectivity index (χ3v) is 3.05. The zero-order valence-corrected chi connectivity index (χ0v) is 11.2. The van der Waals surface area contributed by atoms with Crippen LogP contribution in [0.2, 0.25) is 10.0 Å². The van der Waals surface area contributed by atoms with Crippen LogP contribution in [-0.2, 0) is 11.2 Å². The third kappa shape index (κ3) is 4.41. The Hall–Kier alpha value is -0.990. The van der Waals surface area contributed by atoms with Gasteiger partial charge >= 0.3 is 5.97 Å². The molecule has 17 heavy (non-hydrogen) atoms.